The Balaban J connectivity index is 1.54. The maximum absolute atomic E-state index is 12.9. The van der Waals surface area contributed by atoms with Crippen molar-refractivity contribution < 1.29 is 14.0 Å². The van der Waals surface area contributed by atoms with Gasteiger partial charge in [0.25, 0.3) is 5.91 Å². The number of carbonyl (C=O) groups is 2. The molecule has 150 valence electrons. The fourth-order valence-electron chi connectivity index (χ4n) is 3.65. The van der Waals surface area contributed by atoms with Crippen molar-refractivity contribution in [3.8, 4) is 0 Å². The van der Waals surface area contributed by atoms with Crippen molar-refractivity contribution in [1.29, 1.82) is 0 Å². The molecule has 0 saturated carbocycles. The number of hydrogen-bond donors (Lipinski definition) is 1. The number of hydrogen-bond acceptors (Lipinski definition) is 4. The van der Waals surface area contributed by atoms with Gasteiger partial charge in [0.2, 0.25) is 5.91 Å². The van der Waals surface area contributed by atoms with E-state index in [0.717, 1.165) is 28.1 Å². The summed E-state index contributed by atoms with van der Waals surface area (Å²) < 4.78 is 5.59. The molecule has 0 spiro atoms. The standard InChI is InChI=1S/C22H29N3O3/c1-14-7-6-8-19(15(14)2)23-20(26)13-24-9-11-25(12-10-24)22(27)21-16(3)17(4)28-18(21)5/h6-8H,9-13H2,1-5H3,(H,23,26). The maximum Gasteiger partial charge on any atom is 0.257 e. The quantitative estimate of drug-likeness (QED) is 0.880. The van der Waals surface area contributed by atoms with Crippen LogP contribution < -0.4 is 5.32 Å². The van der Waals surface area contributed by atoms with Crippen LogP contribution in [-0.2, 0) is 4.79 Å². The fraction of sp³-hybridized carbons (Fsp3) is 0.455. The zero-order valence-corrected chi connectivity index (χ0v) is 17.4. The molecule has 1 aromatic heterocycles. The lowest BCUT2D eigenvalue weighted by atomic mass is 10.1. The predicted octanol–water partition coefficient (Wildman–Crippen LogP) is 3.22. The Morgan fingerprint density at radius 1 is 0.964 bits per heavy atom. The van der Waals surface area contributed by atoms with Crippen molar-refractivity contribution in [2.45, 2.75) is 34.6 Å². The molecule has 1 fully saturated rings. The predicted molar refractivity (Wildman–Crippen MR) is 110 cm³/mol. The summed E-state index contributed by atoms with van der Waals surface area (Å²) in [6, 6.07) is 5.91. The van der Waals surface area contributed by atoms with Gasteiger partial charge in [0, 0.05) is 37.4 Å². The van der Waals surface area contributed by atoms with Gasteiger partial charge in [0.05, 0.1) is 12.1 Å². The number of furan rings is 1. The van der Waals surface area contributed by atoms with Crippen LogP contribution in [0.5, 0.6) is 0 Å². The number of amides is 2. The highest BCUT2D eigenvalue weighted by atomic mass is 16.3. The molecular formula is C22H29N3O3. The third kappa shape index (κ3) is 4.12. The second-order valence-electron chi connectivity index (χ2n) is 7.58. The van der Waals surface area contributed by atoms with Crippen LogP contribution in [0.2, 0.25) is 0 Å². The SMILES string of the molecule is Cc1cccc(NC(=O)CN2CCN(C(=O)c3c(C)oc(C)c3C)CC2)c1C. The van der Waals surface area contributed by atoms with Crippen LogP contribution in [0.3, 0.4) is 0 Å². The number of nitrogens with zero attached hydrogens (tertiary/aromatic N) is 2. The molecule has 28 heavy (non-hydrogen) atoms. The minimum Gasteiger partial charge on any atom is -0.466 e. The largest absolute Gasteiger partial charge is 0.466 e. The summed E-state index contributed by atoms with van der Waals surface area (Å²) in [7, 11) is 0. The number of anilines is 1. The van der Waals surface area contributed by atoms with Crippen LogP contribution >= 0.6 is 0 Å². The van der Waals surface area contributed by atoms with E-state index in [2.05, 4.69) is 10.2 Å². The fourth-order valence-corrected chi connectivity index (χ4v) is 3.65. The number of carbonyl (C=O) groups excluding carboxylic acids is 2. The van der Waals surface area contributed by atoms with Crippen molar-refractivity contribution in [1.82, 2.24) is 9.80 Å². The molecule has 1 saturated heterocycles. The highest BCUT2D eigenvalue weighted by Crippen LogP contribution is 2.23. The minimum atomic E-state index is -0.0226. The minimum absolute atomic E-state index is 0.0198. The van der Waals surface area contributed by atoms with Crippen LogP contribution in [0.4, 0.5) is 5.69 Å². The lowest BCUT2D eigenvalue weighted by Gasteiger charge is -2.34. The first-order valence-corrected chi connectivity index (χ1v) is 9.72. The molecule has 6 nitrogen and oxygen atoms in total. The summed E-state index contributed by atoms with van der Waals surface area (Å²) in [6.07, 6.45) is 0. The van der Waals surface area contributed by atoms with Gasteiger partial charge in [-0.2, -0.15) is 0 Å². The Morgan fingerprint density at radius 3 is 2.25 bits per heavy atom. The summed E-state index contributed by atoms with van der Waals surface area (Å²) >= 11 is 0. The highest BCUT2D eigenvalue weighted by Gasteiger charge is 2.27. The van der Waals surface area contributed by atoms with Crippen LogP contribution in [-0.4, -0.2) is 54.3 Å². The maximum atomic E-state index is 12.9. The number of piperazine rings is 1. The number of rotatable bonds is 4. The van der Waals surface area contributed by atoms with Crippen molar-refractivity contribution >= 4 is 17.5 Å². The Labute approximate surface area is 166 Å². The molecule has 1 aromatic carbocycles. The van der Waals surface area contributed by atoms with Crippen molar-refractivity contribution in [2.24, 2.45) is 0 Å². The van der Waals surface area contributed by atoms with Gasteiger partial charge in [-0.15, -0.1) is 0 Å². The molecule has 6 heteroatoms. The molecule has 1 aliphatic rings. The average Bonchev–Trinajstić information content (AvgIpc) is 2.91. The first-order valence-electron chi connectivity index (χ1n) is 9.72. The van der Waals surface area contributed by atoms with Crippen LogP contribution in [0.15, 0.2) is 22.6 Å². The molecule has 0 radical (unpaired) electrons. The molecule has 2 aromatic rings. The smallest absolute Gasteiger partial charge is 0.257 e. The second-order valence-corrected chi connectivity index (χ2v) is 7.58. The van der Waals surface area contributed by atoms with Crippen molar-refractivity contribution in [3.05, 3.63) is 52.0 Å². The van der Waals surface area contributed by atoms with Gasteiger partial charge < -0.3 is 14.6 Å². The first kappa shape index (κ1) is 20.1. The molecule has 0 aliphatic carbocycles. The normalized spacial score (nSPS) is 15.0. The summed E-state index contributed by atoms with van der Waals surface area (Å²) in [5.74, 6) is 1.47. The molecule has 3 rings (SSSR count). The van der Waals surface area contributed by atoms with Gasteiger partial charge in [-0.3, -0.25) is 14.5 Å². The van der Waals surface area contributed by atoms with Crippen molar-refractivity contribution in [2.75, 3.05) is 38.0 Å². The topological polar surface area (TPSA) is 65.8 Å². The molecule has 1 aliphatic heterocycles. The first-order chi connectivity index (χ1) is 13.3. The van der Waals surface area contributed by atoms with E-state index in [0.29, 0.717) is 44.0 Å². The van der Waals surface area contributed by atoms with E-state index < -0.39 is 0 Å². The average molecular weight is 383 g/mol. The van der Waals surface area contributed by atoms with E-state index in [1.54, 1.807) is 0 Å². The van der Waals surface area contributed by atoms with Crippen LogP contribution in [0.1, 0.15) is 38.6 Å². The monoisotopic (exact) mass is 383 g/mol. The lowest BCUT2D eigenvalue weighted by molar-refractivity contribution is -0.117. The molecular weight excluding hydrogens is 354 g/mol. The summed E-state index contributed by atoms with van der Waals surface area (Å²) in [5.41, 5.74) is 4.70. The van der Waals surface area contributed by atoms with E-state index in [4.69, 9.17) is 4.42 Å². The Hall–Kier alpha value is -2.60. The molecule has 2 heterocycles. The Bertz CT molecular complexity index is 893. The van der Waals surface area contributed by atoms with E-state index >= 15 is 0 Å². The van der Waals surface area contributed by atoms with Gasteiger partial charge in [-0.1, -0.05) is 12.1 Å². The molecule has 0 atom stereocenters. The number of benzene rings is 1. The second kappa shape index (κ2) is 8.19. The third-order valence-corrected chi connectivity index (χ3v) is 5.68. The van der Waals surface area contributed by atoms with Crippen molar-refractivity contribution in [3.63, 3.8) is 0 Å². The Morgan fingerprint density at radius 2 is 1.64 bits per heavy atom. The summed E-state index contributed by atoms with van der Waals surface area (Å²) in [6.45, 7) is 12.6. The van der Waals surface area contributed by atoms with Gasteiger partial charge >= 0.3 is 0 Å². The molecule has 2 amide bonds. The van der Waals surface area contributed by atoms with Crippen LogP contribution in [0.25, 0.3) is 0 Å². The zero-order chi connectivity index (χ0) is 20.4. The zero-order valence-electron chi connectivity index (χ0n) is 17.4. The van der Waals surface area contributed by atoms with E-state index in [9.17, 15) is 9.59 Å². The number of nitrogens with one attached hydrogen (secondary N) is 1. The molecule has 1 N–H and O–H groups in total. The van der Waals surface area contributed by atoms with E-state index in [-0.39, 0.29) is 11.8 Å². The van der Waals surface area contributed by atoms with E-state index in [1.807, 2.05) is 57.7 Å². The lowest BCUT2D eigenvalue weighted by Crippen LogP contribution is -2.50. The van der Waals surface area contributed by atoms with Gasteiger partial charge in [0.1, 0.15) is 11.5 Å². The Kier molecular flexibility index (Phi) is 5.89. The highest BCUT2D eigenvalue weighted by molar-refractivity contribution is 5.97. The van der Waals surface area contributed by atoms with Gasteiger partial charge in [0.15, 0.2) is 0 Å². The third-order valence-electron chi connectivity index (χ3n) is 5.68. The molecule has 0 bridgehead atoms. The molecule has 0 unspecified atom stereocenters. The van der Waals surface area contributed by atoms with E-state index in [1.165, 1.54) is 0 Å². The number of aryl methyl sites for hydroxylation is 3. The summed E-state index contributed by atoms with van der Waals surface area (Å²) in [4.78, 5) is 29.2. The van der Waals surface area contributed by atoms with Gasteiger partial charge in [-0.05, 0) is 51.8 Å². The summed E-state index contributed by atoms with van der Waals surface area (Å²) in [5, 5.41) is 3.00. The van der Waals surface area contributed by atoms with Gasteiger partial charge in [-0.25, -0.2) is 0 Å². The van der Waals surface area contributed by atoms with Crippen LogP contribution in [0, 0.1) is 34.6 Å².